The van der Waals surface area contributed by atoms with Crippen LogP contribution >= 0.6 is 0 Å². The highest BCUT2D eigenvalue weighted by atomic mass is 19.4. The van der Waals surface area contributed by atoms with Crippen LogP contribution in [0.25, 0.3) is 0 Å². The zero-order valence-electron chi connectivity index (χ0n) is 9.64. The summed E-state index contributed by atoms with van der Waals surface area (Å²) >= 11 is 0. The number of alkyl halides is 3. The molecule has 0 amide bonds. The van der Waals surface area contributed by atoms with E-state index in [2.05, 4.69) is 5.32 Å². The smallest absolute Gasteiger partial charge is 0.394 e. The predicted molar refractivity (Wildman–Crippen MR) is 55.2 cm³/mol. The van der Waals surface area contributed by atoms with Crippen LogP contribution in [0, 0.1) is 0 Å². The third kappa shape index (κ3) is 5.14. The minimum Gasteiger partial charge on any atom is -0.394 e. The Kier molecular flexibility index (Phi) is 4.20. The topological polar surface area (TPSA) is 35.5 Å². The third-order valence-electron chi connectivity index (χ3n) is 2.55. The summed E-state index contributed by atoms with van der Waals surface area (Å²) in [5, 5.41) is 12.4. The summed E-state index contributed by atoms with van der Waals surface area (Å²) in [5.74, 6) is 0. The molecule has 2 N–H and O–H groups in total. The van der Waals surface area contributed by atoms with Gasteiger partial charge in [-0.25, -0.2) is 0 Å². The largest absolute Gasteiger partial charge is 0.401 e. The van der Waals surface area contributed by atoms with Crippen LogP contribution < -0.4 is 5.32 Å². The summed E-state index contributed by atoms with van der Waals surface area (Å²) < 4.78 is 36.4. The predicted octanol–water partition coefficient (Wildman–Crippen LogP) is 0.983. The van der Waals surface area contributed by atoms with E-state index in [1.165, 1.54) is 11.9 Å². The molecule has 1 aliphatic rings. The van der Waals surface area contributed by atoms with Crippen LogP contribution in [-0.2, 0) is 0 Å². The fourth-order valence-corrected chi connectivity index (χ4v) is 1.82. The SMILES string of the molecule is CN(CC(F)(F)F)CC(C)(CO)NC1CC1. The Morgan fingerprint density at radius 1 is 1.31 bits per heavy atom. The Labute approximate surface area is 93.6 Å². The van der Waals surface area contributed by atoms with Gasteiger partial charge in [-0.3, -0.25) is 4.90 Å². The van der Waals surface area contributed by atoms with Crippen LogP contribution in [-0.4, -0.2) is 54.5 Å². The molecule has 0 aromatic rings. The Hall–Kier alpha value is -0.330. The van der Waals surface area contributed by atoms with Crippen LogP contribution in [0.4, 0.5) is 13.2 Å². The third-order valence-corrected chi connectivity index (χ3v) is 2.55. The maximum Gasteiger partial charge on any atom is 0.401 e. The minimum atomic E-state index is -4.19. The molecule has 1 unspecified atom stereocenters. The van der Waals surface area contributed by atoms with Crippen molar-refractivity contribution in [2.24, 2.45) is 0 Å². The van der Waals surface area contributed by atoms with Gasteiger partial charge in [0.1, 0.15) is 0 Å². The van der Waals surface area contributed by atoms with Crippen LogP contribution in [0.2, 0.25) is 0 Å². The number of halogens is 3. The number of hydrogen-bond donors (Lipinski definition) is 2. The van der Waals surface area contributed by atoms with Crippen molar-refractivity contribution < 1.29 is 18.3 Å². The lowest BCUT2D eigenvalue weighted by Gasteiger charge is -2.33. The van der Waals surface area contributed by atoms with Gasteiger partial charge in [0, 0.05) is 12.6 Å². The number of rotatable bonds is 6. The molecule has 0 bridgehead atoms. The highest BCUT2D eigenvalue weighted by molar-refractivity contribution is 4.94. The molecule has 1 aliphatic carbocycles. The van der Waals surface area contributed by atoms with E-state index < -0.39 is 18.3 Å². The van der Waals surface area contributed by atoms with Gasteiger partial charge in [-0.2, -0.15) is 13.2 Å². The van der Waals surface area contributed by atoms with E-state index in [1.807, 2.05) is 0 Å². The van der Waals surface area contributed by atoms with Gasteiger partial charge in [-0.05, 0) is 26.8 Å². The van der Waals surface area contributed by atoms with Crippen molar-refractivity contribution in [2.75, 3.05) is 26.7 Å². The van der Waals surface area contributed by atoms with E-state index >= 15 is 0 Å². The van der Waals surface area contributed by atoms with E-state index in [4.69, 9.17) is 0 Å². The molecular weight excluding hydrogens is 221 g/mol. The first kappa shape index (κ1) is 13.7. The van der Waals surface area contributed by atoms with E-state index in [0.29, 0.717) is 6.04 Å². The van der Waals surface area contributed by atoms with E-state index in [9.17, 15) is 18.3 Å². The molecule has 1 saturated carbocycles. The highest BCUT2D eigenvalue weighted by Crippen LogP contribution is 2.23. The number of hydrogen-bond acceptors (Lipinski definition) is 3. The van der Waals surface area contributed by atoms with Gasteiger partial charge >= 0.3 is 6.18 Å². The Morgan fingerprint density at radius 3 is 2.25 bits per heavy atom. The summed E-state index contributed by atoms with van der Waals surface area (Å²) in [6.07, 6.45) is -2.11. The zero-order chi connectivity index (χ0) is 12.4. The first-order valence-electron chi connectivity index (χ1n) is 5.38. The molecule has 0 aromatic carbocycles. The minimum absolute atomic E-state index is 0.161. The number of aliphatic hydroxyl groups is 1. The van der Waals surface area contributed by atoms with Crippen LogP contribution in [0.5, 0.6) is 0 Å². The van der Waals surface area contributed by atoms with Gasteiger partial charge in [0.25, 0.3) is 0 Å². The second-order valence-electron chi connectivity index (χ2n) is 4.92. The van der Waals surface area contributed by atoms with Gasteiger partial charge in [0.15, 0.2) is 0 Å². The quantitative estimate of drug-likeness (QED) is 0.726. The second kappa shape index (κ2) is 4.89. The van der Waals surface area contributed by atoms with Crippen molar-refractivity contribution in [1.29, 1.82) is 0 Å². The molecule has 0 aromatic heterocycles. The molecule has 6 heteroatoms. The highest BCUT2D eigenvalue weighted by Gasteiger charge is 2.35. The van der Waals surface area contributed by atoms with E-state index in [0.717, 1.165) is 12.8 Å². The van der Waals surface area contributed by atoms with Crippen molar-refractivity contribution in [3.8, 4) is 0 Å². The maximum absolute atomic E-state index is 12.1. The van der Waals surface area contributed by atoms with E-state index in [-0.39, 0.29) is 13.2 Å². The van der Waals surface area contributed by atoms with Gasteiger partial charge in [-0.1, -0.05) is 0 Å². The number of likely N-dealkylation sites (N-methyl/N-ethyl adjacent to an activating group) is 1. The Balaban J connectivity index is 2.41. The molecule has 1 atom stereocenters. The Morgan fingerprint density at radius 2 is 1.88 bits per heavy atom. The van der Waals surface area contributed by atoms with Gasteiger partial charge < -0.3 is 10.4 Å². The van der Waals surface area contributed by atoms with E-state index in [1.54, 1.807) is 6.92 Å². The number of aliphatic hydroxyl groups excluding tert-OH is 1. The summed E-state index contributed by atoms with van der Waals surface area (Å²) in [4.78, 5) is 1.19. The molecule has 0 radical (unpaired) electrons. The molecule has 0 spiro atoms. The summed E-state index contributed by atoms with van der Waals surface area (Å²) in [7, 11) is 1.41. The molecule has 96 valence electrons. The van der Waals surface area contributed by atoms with Crippen LogP contribution in [0.1, 0.15) is 19.8 Å². The average molecular weight is 240 g/mol. The van der Waals surface area contributed by atoms with Crippen LogP contribution in [0.15, 0.2) is 0 Å². The number of nitrogens with one attached hydrogen (secondary N) is 1. The molecule has 0 aliphatic heterocycles. The first-order chi connectivity index (χ1) is 7.24. The molecule has 3 nitrogen and oxygen atoms in total. The lowest BCUT2D eigenvalue weighted by Crippen LogP contribution is -2.55. The van der Waals surface area contributed by atoms with Gasteiger partial charge in [0.2, 0.25) is 0 Å². The van der Waals surface area contributed by atoms with Crippen molar-refractivity contribution in [3.63, 3.8) is 0 Å². The van der Waals surface area contributed by atoms with Crippen molar-refractivity contribution >= 4 is 0 Å². The molecule has 0 saturated heterocycles. The lowest BCUT2D eigenvalue weighted by molar-refractivity contribution is -0.145. The molecule has 1 rings (SSSR count). The second-order valence-corrected chi connectivity index (χ2v) is 4.92. The summed E-state index contributed by atoms with van der Waals surface area (Å²) in [6, 6.07) is 0.358. The van der Waals surface area contributed by atoms with Gasteiger partial charge in [-0.15, -0.1) is 0 Å². The van der Waals surface area contributed by atoms with Crippen molar-refractivity contribution in [3.05, 3.63) is 0 Å². The molecule has 1 fully saturated rings. The molecule has 0 heterocycles. The standard InChI is InChI=1S/C10H19F3N2O/c1-9(7-16,14-8-3-4-8)5-15(2)6-10(11,12)13/h8,14,16H,3-7H2,1-2H3. The fourth-order valence-electron chi connectivity index (χ4n) is 1.82. The normalized spacial score (nSPS) is 21.2. The Bertz CT molecular complexity index is 231. The zero-order valence-corrected chi connectivity index (χ0v) is 9.64. The van der Waals surface area contributed by atoms with Crippen molar-refractivity contribution in [1.82, 2.24) is 10.2 Å². The monoisotopic (exact) mass is 240 g/mol. The average Bonchev–Trinajstić information content (AvgIpc) is 2.84. The maximum atomic E-state index is 12.1. The summed E-state index contributed by atoms with van der Waals surface area (Å²) in [5.41, 5.74) is -0.652. The van der Waals surface area contributed by atoms with Crippen LogP contribution in [0.3, 0.4) is 0 Å². The molecular formula is C10H19F3N2O. The summed E-state index contributed by atoms with van der Waals surface area (Å²) in [6.45, 7) is 0.818. The first-order valence-corrected chi connectivity index (χ1v) is 5.38. The lowest BCUT2D eigenvalue weighted by atomic mass is 10.0. The fraction of sp³-hybridized carbons (Fsp3) is 1.00. The number of nitrogens with zero attached hydrogens (tertiary/aromatic N) is 1. The van der Waals surface area contributed by atoms with Crippen molar-refractivity contribution in [2.45, 2.75) is 37.5 Å². The van der Waals surface area contributed by atoms with Gasteiger partial charge in [0.05, 0.1) is 18.7 Å². The molecule has 16 heavy (non-hydrogen) atoms.